The van der Waals surface area contributed by atoms with Gasteiger partial charge < -0.3 is 0 Å². The molecule has 0 aromatic rings. The van der Waals surface area contributed by atoms with Crippen molar-refractivity contribution in [3.05, 3.63) is 12.2 Å². The van der Waals surface area contributed by atoms with E-state index < -0.39 is 0 Å². The van der Waals surface area contributed by atoms with Gasteiger partial charge in [-0.1, -0.05) is 29.0 Å². The molecule has 7 heavy (non-hydrogen) atoms. The summed E-state index contributed by atoms with van der Waals surface area (Å²) < 4.78 is 0. The summed E-state index contributed by atoms with van der Waals surface area (Å²) in [4.78, 5) is 0. The second kappa shape index (κ2) is 2.91. The molecule has 0 spiro atoms. The van der Waals surface area contributed by atoms with Gasteiger partial charge in [0.2, 0.25) is 0 Å². The minimum absolute atomic E-state index is 0.334. The third-order valence-corrected chi connectivity index (χ3v) is 5.43. The summed E-state index contributed by atoms with van der Waals surface area (Å²) >= 11 is 5.08. The van der Waals surface area contributed by atoms with Gasteiger partial charge in [0.05, 0.1) is 0 Å². The van der Waals surface area contributed by atoms with E-state index in [9.17, 15) is 0 Å². The zero-order valence-corrected chi connectivity index (χ0v) is 6.52. The highest BCUT2D eigenvalue weighted by Gasteiger charge is 1.93. The fraction of sp³-hybridized carbons (Fsp3) is 0.500. The van der Waals surface area contributed by atoms with E-state index >= 15 is 0 Å². The fourth-order valence-corrected chi connectivity index (χ4v) is 3.65. The van der Waals surface area contributed by atoms with E-state index in [0.717, 1.165) is 13.5 Å². The van der Waals surface area contributed by atoms with Crippen LogP contribution in [0.4, 0.5) is 0 Å². The summed E-state index contributed by atoms with van der Waals surface area (Å²) in [6.45, 7) is 0. The van der Waals surface area contributed by atoms with Crippen LogP contribution in [0.15, 0.2) is 12.2 Å². The fourth-order valence-electron chi connectivity index (χ4n) is 0.439. The molecule has 0 aromatic carbocycles. The highest BCUT2D eigenvalue weighted by Crippen LogP contribution is 2.20. The van der Waals surface area contributed by atoms with Crippen LogP contribution in [0.3, 0.4) is 0 Å². The van der Waals surface area contributed by atoms with Gasteiger partial charge in [-0.25, -0.2) is 0 Å². The van der Waals surface area contributed by atoms with Crippen molar-refractivity contribution in [2.75, 3.05) is 11.9 Å². The largest absolute Gasteiger partial charge is 0.0970 e. The SMILES string of the molecule is S=S1CC=CCP1. The summed E-state index contributed by atoms with van der Waals surface area (Å²) in [5.41, 5.74) is 0. The highest BCUT2D eigenvalue weighted by molar-refractivity contribution is 8.61. The molecular weight excluding hydrogens is 143 g/mol. The van der Waals surface area contributed by atoms with Crippen molar-refractivity contribution in [2.45, 2.75) is 0 Å². The normalized spacial score (nSPS) is 34.0. The third-order valence-electron chi connectivity index (χ3n) is 0.776. The molecule has 0 fully saturated rings. The quantitative estimate of drug-likeness (QED) is 0.369. The Balaban J connectivity index is 2.47. The van der Waals surface area contributed by atoms with E-state index in [1.807, 2.05) is 0 Å². The van der Waals surface area contributed by atoms with E-state index in [2.05, 4.69) is 12.2 Å². The number of hydrogen-bond donors (Lipinski definition) is 0. The maximum Gasteiger partial charge on any atom is 0.0196 e. The predicted octanol–water partition coefficient (Wildman–Crippen LogP) is 1.23. The van der Waals surface area contributed by atoms with Crippen LogP contribution in [0.25, 0.3) is 0 Å². The second-order valence-electron chi connectivity index (χ2n) is 1.33. The van der Waals surface area contributed by atoms with E-state index in [-0.39, 0.29) is 0 Å². The Morgan fingerprint density at radius 2 is 2.43 bits per heavy atom. The number of rotatable bonds is 0. The van der Waals surface area contributed by atoms with E-state index in [1.165, 1.54) is 6.16 Å². The Morgan fingerprint density at radius 3 is 2.71 bits per heavy atom. The van der Waals surface area contributed by atoms with Gasteiger partial charge in [0.25, 0.3) is 0 Å². The predicted molar refractivity (Wildman–Crippen MR) is 41.9 cm³/mol. The van der Waals surface area contributed by atoms with Crippen LogP contribution >= 0.6 is 7.78 Å². The smallest absolute Gasteiger partial charge is 0.0196 e. The van der Waals surface area contributed by atoms with Gasteiger partial charge >= 0.3 is 0 Å². The van der Waals surface area contributed by atoms with Crippen LogP contribution in [-0.4, -0.2) is 11.9 Å². The Labute approximate surface area is 52.5 Å². The molecule has 1 aliphatic rings. The molecule has 0 aliphatic carbocycles. The lowest BCUT2D eigenvalue weighted by atomic mass is 10.6. The molecule has 1 heterocycles. The molecule has 0 aromatic heterocycles. The lowest BCUT2D eigenvalue weighted by Crippen LogP contribution is -1.89. The lowest BCUT2D eigenvalue weighted by Gasteiger charge is -2.03. The van der Waals surface area contributed by atoms with Crippen molar-refractivity contribution in [2.24, 2.45) is 0 Å². The molecule has 2 atom stereocenters. The van der Waals surface area contributed by atoms with Crippen LogP contribution in [0.1, 0.15) is 0 Å². The van der Waals surface area contributed by atoms with Crippen molar-refractivity contribution in [3.63, 3.8) is 0 Å². The maximum absolute atomic E-state index is 5.08. The summed E-state index contributed by atoms with van der Waals surface area (Å²) in [5, 5.41) is 0. The Hall–Kier alpha value is 0.740. The van der Waals surface area contributed by atoms with Crippen LogP contribution in [0, 0.1) is 0 Å². The van der Waals surface area contributed by atoms with Gasteiger partial charge in [0.15, 0.2) is 0 Å². The Kier molecular flexibility index (Phi) is 2.44. The van der Waals surface area contributed by atoms with Crippen molar-refractivity contribution in [1.82, 2.24) is 0 Å². The molecule has 0 saturated heterocycles. The van der Waals surface area contributed by atoms with Crippen LogP contribution < -0.4 is 0 Å². The second-order valence-corrected chi connectivity index (χ2v) is 7.49. The molecule has 0 radical (unpaired) electrons. The maximum atomic E-state index is 5.08. The lowest BCUT2D eigenvalue weighted by molar-refractivity contribution is 1.66. The van der Waals surface area contributed by atoms with E-state index in [4.69, 9.17) is 11.2 Å². The average molecular weight is 150 g/mol. The van der Waals surface area contributed by atoms with Crippen molar-refractivity contribution < 1.29 is 0 Å². The molecular formula is C4H7PS2. The van der Waals surface area contributed by atoms with Crippen molar-refractivity contribution in [1.29, 1.82) is 0 Å². The Morgan fingerprint density at radius 1 is 1.57 bits per heavy atom. The summed E-state index contributed by atoms with van der Waals surface area (Å²) in [6, 6.07) is 0. The average Bonchev–Trinajstić information content (AvgIpc) is 1.69. The first-order valence-corrected chi connectivity index (χ1v) is 6.41. The molecule has 2 unspecified atom stereocenters. The first-order chi connectivity index (χ1) is 3.39. The van der Waals surface area contributed by atoms with Gasteiger partial charge in [-0.3, -0.25) is 0 Å². The van der Waals surface area contributed by atoms with Gasteiger partial charge in [0, 0.05) is 5.75 Å². The van der Waals surface area contributed by atoms with Gasteiger partial charge in [-0.15, -0.1) is 0 Å². The monoisotopic (exact) mass is 150 g/mol. The molecule has 0 amide bonds. The minimum Gasteiger partial charge on any atom is -0.0970 e. The molecule has 40 valence electrons. The molecule has 0 bridgehead atoms. The standard InChI is InChI=1S/C4H7PS2/c6-7-4-2-1-3-5-7/h1-2,5H,3-4H2. The van der Waals surface area contributed by atoms with Gasteiger partial charge in [0.1, 0.15) is 0 Å². The van der Waals surface area contributed by atoms with Crippen LogP contribution in [0.2, 0.25) is 0 Å². The summed E-state index contributed by atoms with van der Waals surface area (Å²) in [5.74, 6) is 1.16. The number of allylic oxidation sites excluding steroid dienone is 1. The first kappa shape index (κ1) is 5.87. The third kappa shape index (κ3) is 1.98. The molecule has 1 rings (SSSR count). The molecule has 1 aliphatic heterocycles. The van der Waals surface area contributed by atoms with E-state index in [1.54, 1.807) is 0 Å². The topological polar surface area (TPSA) is 0 Å². The minimum atomic E-state index is 0.334. The van der Waals surface area contributed by atoms with E-state index in [0.29, 0.717) is 9.07 Å². The molecule has 0 saturated carbocycles. The van der Waals surface area contributed by atoms with Crippen molar-refractivity contribution >= 4 is 28.0 Å². The summed E-state index contributed by atoms with van der Waals surface area (Å²) in [7, 11) is 1.37. The zero-order chi connectivity index (χ0) is 5.11. The van der Waals surface area contributed by atoms with Crippen LogP contribution in [0.5, 0.6) is 0 Å². The molecule has 0 nitrogen and oxygen atoms in total. The van der Waals surface area contributed by atoms with Gasteiger partial charge in [-0.2, -0.15) is 0 Å². The summed E-state index contributed by atoms with van der Waals surface area (Å²) in [6.07, 6.45) is 5.67. The molecule has 0 N–H and O–H groups in total. The first-order valence-electron chi connectivity index (χ1n) is 2.16. The Bertz CT molecular complexity index is 108. The van der Waals surface area contributed by atoms with Crippen molar-refractivity contribution in [3.8, 4) is 0 Å². The molecule has 3 heteroatoms. The van der Waals surface area contributed by atoms with Crippen LogP contribution in [-0.2, 0) is 20.3 Å². The van der Waals surface area contributed by atoms with Gasteiger partial charge in [-0.05, 0) is 17.4 Å². The number of hydrogen-bond acceptors (Lipinski definition) is 1. The highest BCUT2D eigenvalue weighted by atomic mass is 33.1. The zero-order valence-electron chi connectivity index (χ0n) is 3.89.